The number of benzene rings is 2. The summed E-state index contributed by atoms with van der Waals surface area (Å²) in [5.41, 5.74) is 8.35. The zero-order chi connectivity index (χ0) is 26.9. The van der Waals surface area contributed by atoms with Crippen LogP contribution in [0.4, 0.5) is 5.82 Å². The summed E-state index contributed by atoms with van der Waals surface area (Å²) in [6, 6.07) is 15.8. The molecule has 0 fully saturated rings. The van der Waals surface area contributed by atoms with E-state index in [9.17, 15) is 9.59 Å². The van der Waals surface area contributed by atoms with Gasteiger partial charge in [-0.15, -0.1) is 15.9 Å². The highest BCUT2D eigenvalue weighted by atomic mass is 32.1. The number of nitrogen functional groups attached to an aromatic ring is 1. The second kappa shape index (κ2) is 9.95. The van der Waals surface area contributed by atoms with Gasteiger partial charge in [0.2, 0.25) is 0 Å². The fourth-order valence-electron chi connectivity index (χ4n) is 4.52. The van der Waals surface area contributed by atoms with Crippen molar-refractivity contribution >= 4 is 51.8 Å². The molecule has 4 heterocycles. The summed E-state index contributed by atoms with van der Waals surface area (Å²) in [5.74, 6) is 0.126. The Balaban J connectivity index is 1.47. The maximum atomic E-state index is 14.1. The molecular formula is C28H23N8O2S+. The van der Waals surface area contributed by atoms with Crippen LogP contribution in [0.25, 0.3) is 34.4 Å². The van der Waals surface area contributed by atoms with Crippen LogP contribution in [0, 0.1) is 0 Å². The van der Waals surface area contributed by atoms with E-state index in [0.29, 0.717) is 28.1 Å². The van der Waals surface area contributed by atoms with E-state index in [1.165, 1.54) is 11.3 Å². The number of para-hydroxylation sites is 1. The number of hydrogen-bond donors (Lipinski definition) is 3. The number of aromatic amines is 1. The standard InChI is InChI=1S/C28H22N8O2S/c1-17(32-27(37)23-24(29)34-35-15-6-13-31-26(23)35)25-33-20-10-5-7-18(11-12-21-30-14-16-39-21)22(20)28(38)36(25)19-8-3-2-4-9-19/h2-17H,1H3,(H3,29,32,34,37)/p+1. The van der Waals surface area contributed by atoms with E-state index < -0.39 is 11.9 Å². The van der Waals surface area contributed by atoms with Crippen LogP contribution in [-0.4, -0.2) is 30.5 Å². The number of thiazole rings is 1. The van der Waals surface area contributed by atoms with E-state index in [2.05, 4.69) is 20.4 Å². The molecule has 0 aliphatic carbocycles. The minimum atomic E-state index is -0.651. The minimum Gasteiger partial charge on any atom is -0.382 e. The third-order valence-electron chi connectivity index (χ3n) is 6.27. The van der Waals surface area contributed by atoms with Crippen LogP contribution in [-0.2, 0) is 0 Å². The van der Waals surface area contributed by atoms with Crippen molar-refractivity contribution in [2.24, 2.45) is 0 Å². The topological polar surface area (TPSA) is 136 Å². The summed E-state index contributed by atoms with van der Waals surface area (Å²) in [7, 11) is 0. The molecular weight excluding hydrogens is 512 g/mol. The summed E-state index contributed by atoms with van der Waals surface area (Å²) < 4.78 is 3.11. The van der Waals surface area contributed by atoms with E-state index in [1.54, 1.807) is 46.7 Å². The molecule has 0 spiro atoms. The van der Waals surface area contributed by atoms with E-state index in [1.807, 2.05) is 60.0 Å². The summed E-state index contributed by atoms with van der Waals surface area (Å²) in [4.78, 5) is 40.9. The number of carbonyl (C=O) groups excluding carboxylic acids is 1. The predicted molar refractivity (Wildman–Crippen MR) is 150 cm³/mol. The molecule has 6 rings (SSSR count). The van der Waals surface area contributed by atoms with Crippen LogP contribution in [0.5, 0.6) is 0 Å². The number of H-pyrrole nitrogens is 1. The van der Waals surface area contributed by atoms with Gasteiger partial charge in [-0.2, -0.15) is 0 Å². The quantitative estimate of drug-likeness (QED) is 0.279. The van der Waals surface area contributed by atoms with E-state index in [-0.39, 0.29) is 16.9 Å². The maximum Gasteiger partial charge on any atom is 0.362 e. The van der Waals surface area contributed by atoms with Crippen molar-refractivity contribution in [2.75, 3.05) is 5.73 Å². The summed E-state index contributed by atoms with van der Waals surface area (Å²) in [6.07, 6.45) is 8.78. The zero-order valence-corrected chi connectivity index (χ0v) is 21.6. The SMILES string of the molecule is CC(NC(=O)c1c(N)[nH][n+]2cccnc12)c1nc2cccc(C=Cc3nccs3)c2c(=O)n1-c1ccccc1. The molecule has 10 nitrogen and oxygen atoms in total. The number of amides is 1. The highest BCUT2D eigenvalue weighted by Crippen LogP contribution is 2.23. The van der Waals surface area contributed by atoms with Crippen molar-refractivity contribution in [3.05, 3.63) is 111 Å². The number of nitrogens with two attached hydrogens (primary N) is 1. The highest BCUT2D eigenvalue weighted by molar-refractivity contribution is 7.10. The van der Waals surface area contributed by atoms with Crippen LogP contribution in [0.3, 0.4) is 0 Å². The third-order valence-corrected chi connectivity index (χ3v) is 7.01. The van der Waals surface area contributed by atoms with Crippen LogP contribution < -0.4 is 21.1 Å². The fraction of sp³-hybridized carbons (Fsp3) is 0.0714. The van der Waals surface area contributed by atoms with Crippen molar-refractivity contribution in [1.29, 1.82) is 0 Å². The van der Waals surface area contributed by atoms with Gasteiger partial charge < -0.3 is 11.1 Å². The molecule has 0 radical (unpaired) electrons. The van der Waals surface area contributed by atoms with Crippen molar-refractivity contribution in [1.82, 2.24) is 29.9 Å². The molecule has 4 N–H and O–H groups in total. The third kappa shape index (κ3) is 4.44. The lowest BCUT2D eigenvalue weighted by molar-refractivity contribution is -0.577. The molecule has 4 aromatic heterocycles. The van der Waals surface area contributed by atoms with Gasteiger partial charge in [-0.05, 0) is 41.7 Å². The highest BCUT2D eigenvalue weighted by Gasteiger charge is 2.27. The first-order valence-electron chi connectivity index (χ1n) is 12.1. The van der Waals surface area contributed by atoms with E-state index in [0.717, 1.165) is 10.6 Å². The number of anilines is 1. The Labute approximate surface area is 226 Å². The number of nitrogens with one attached hydrogen (secondary N) is 2. The first kappa shape index (κ1) is 24.2. The van der Waals surface area contributed by atoms with Crippen LogP contribution in [0.15, 0.2) is 83.4 Å². The molecule has 192 valence electrons. The normalized spacial score (nSPS) is 12.3. The maximum absolute atomic E-state index is 14.1. The molecule has 39 heavy (non-hydrogen) atoms. The van der Waals surface area contributed by atoms with Gasteiger partial charge in [0.05, 0.1) is 22.6 Å². The largest absolute Gasteiger partial charge is 0.382 e. The summed E-state index contributed by atoms with van der Waals surface area (Å²) in [5, 5.41) is 9.07. The van der Waals surface area contributed by atoms with Gasteiger partial charge in [0, 0.05) is 17.6 Å². The van der Waals surface area contributed by atoms with Crippen LogP contribution >= 0.6 is 11.3 Å². The average molecular weight is 536 g/mol. The number of rotatable bonds is 6. The number of nitrogens with zero attached hydrogens (tertiary/aromatic N) is 5. The molecule has 1 atom stereocenters. The molecule has 0 aliphatic rings. The number of carbonyl (C=O) groups is 1. The Bertz CT molecular complexity index is 1910. The first-order chi connectivity index (χ1) is 19.0. The van der Waals surface area contributed by atoms with Crippen molar-refractivity contribution in [3.8, 4) is 5.69 Å². The number of hydrogen-bond acceptors (Lipinski definition) is 7. The van der Waals surface area contributed by atoms with Gasteiger partial charge in [-0.25, -0.2) is 15.1 Å². The second-order valence-corrected chi connectivity index (χ2v) is 9.73. The average Bonchev–Trinajstić information content (AvgIpc) is 3.59. The molecule has 1 unspecified atom stereocenters. The van der Waals surface area contributed by atoms with Gasteiger partial charge >= 0.3 is 5.65 Å². The molecule has 0 saturated carbocycles. The van der Waals surface area contributed by atoms with Crippen LogP contribution in [0.2, 0.25) is 0 Å². The summed E-state index contributed by atoms with van der Waals surface area (Å²) >= 11 is 1.51. The van der Waals surface area contributed by atoms with Gasteiger partial charge in [-0.1, -0.05) is 36.4 Å². The molecule has 1 amide bonds. The Hall–Kier alpha value is -5.16. The number of aromatic nitrogens is 6. The Morgan fingerprint density at radius 2 is 1.95 bits per heavy atom. The molecule has 2 aromatic carbocycles. The zero-order valence-electron chi connectivity index (χ0n) is 20.8. The molecule has 6 aromatic rings. The van der Waals surface area contributed by atoms with Crippen molar-refractivity contribution < 1.29 is 9.31 Å². The van der Waals surface area contributed by atoms with Crippen LogP contribution in [0.1, 0.15) is 39.7 Å². The minimum absolute atomic E-state index is 0.182. The first-order valence-corrected chi connectivity index (χ1v) is 13.0. The molecule has 0 saturated heterocycles. The monoisotopic (exact) mass is 535 g/mol. The molecule has 0 aliphatic heterocycles. The number of fused-ring (bicyclic) bond motifs is 2. The van der Waals surface area contributed by atoms with Gasteiger partial charge in [-0.3, -0.25) is 14.2 Å². The molecule has 0 bridgehead atoms. The lowest BCUT2D eigenvalue weighted by Gasteiger charge is -2.20. The Morgan fingerprint density at radius 3 is 2.74 bits per heavy atom. The lowest BCUT2D eigenvalue weighted by Crippen LogP contribution is -2.34. The Morgan fingerprint density at radius 1 is 1.10 bits per heavy atom. The van der Waals surface area contributed by atoms with Gasteiger partial charge in [0.25, 0.3) is 11.5 Å². The second-order valence-electron chi connectivity index (χ2n) is 8.80. The Kier molecular flexibility index (Phi) is 6.17. The lowest BCUT2D eigenvalue weighted by atomic mass is 10.1. The van der Waals surface area contributed by atoms with Crippen molar-refractivity contribution in [3.63, 3.8) is 0 Å². The fourth-order valence-corrected chi connectivity index (χ4v) is 5.05. The van der Waals surface area contributed by atoms with E-state index in [4.69, 9.17) is 10.7 Å². The molecule has 11 heteroatoms. The summed E-state index contributed by atoms with van der Waals surface area (Å²) in [6.45, 7) is 1.78. The predicted octanol–water partition coefficient (Wildman–Crippen LogP) is 3.55. The van der Waals surface area contributed by atoms with Crippen molar-refractivity contribution in [2.45, 2.75) is 13.0 Å². The smallest absolute Gasteiger partial charge is 0.362 e. The van der Waals surface area contributed by atoms with E-state index >= 15 is 0 Å². The van der Waals surface area contributed by atoms with Gasteiger partial charge in [0.1, 0.15) is 23.2 Å². The van der Waals surface area contributed by atoms with Gasteiger partial charge in [0.15, 0.2) is 11.4 Å².